The molecule has 2 amide bonds. The molecule has 128 valence electrons. The molecule has 1 aliphatic heterocycles. The Morgan fingerprint density at radius 2 is 1.72 bits per heavy atom. The minimum atomic E-state index is -0.145. The van der Waals surface area contributed by atoms with Crippen molar-refractivity contribution in [2.45, 2.75) is 0 Å². The molecule has 0 saturated carbocycles. The summed E-state index contributed by atoms with van der Waals surface area (Å²) in [6.07, 6.45) is 0. The SMILES string of the molecule is O=C1CN(CC(=O)Nc2ccc(N=Nc3ccccc3)cc2)CCN1. The highest BCUT2D eigenvalue weighted by molar-refractivity contribution is 5.92. The molecule has 0 spiro atoms. The first kappa shape index (κ1) is 16.8. The Morgan fingerprint density at radius 1 is 1.04 bits per heavy atom. The van der Waals surface area contributed by atoms with E-state index in [-0.39, 0.29) is 24.9 Å². The zero-order valence-corrected chi connectivity index (χ0v) is 13.7. The number of carbonyl (C=O) groups is 2. The average molecular weight is 337 g/mol. The Labute approximate surface area is 145 Å². The van der Waals surface area contributed by atoms with E-state index in [9.17, 15) is 9.59 Å². The fourth-order valence-electron chi connectivity index (χ4n) is 2.45. The molecule has 1 aliphatic rings. The molecule has 25 heavy (non-hydrogen) atoms. The molecular formula is C18H19N5O2. The van der Waals surface area contributed by atoms with Gasteiger partial charge < -0.3 is 10.6 Å². The number of benzene rings is 2. The van der Waals surface area contributed by atoms with Gasteiger partial charge in [0, 0.05) is 18.8 Å². The van der Waals surface area contributed by atoms with Gasteiger partial charge in [0.2, 0.25) is 11.8 Å². The summed E-state index contributed by atoms with van der Waals surface area (Å²) in [5.41, 5.74) is 2.17. The van der Waals surface area contributed by atoms with Gasteiger partial charge in [-0.3, -0.25) is 14.5 Å². The van der Waals surface area contributed by atoms with Gasteiger partial charge in [0.05, 0.1) is 24.5 Å². The molecule has 1 saturated heterocycles. The number of hydrogen-bond donors (Lipinski definition) is 2. The van der Waals surface area contributed by atoms with E-state index in [1.54, 1.807) is 24.3 Å². The number of nitrogens with one attached hydrogen (secondary N) is 2. The van der Waals surface area contributed by atoms with Crippen molar-refractivity contribution in [1.82, 2.24) is 10.2 Å². The lowest BCUT2D eigenvalue weighted by Crippen LogP contribution is -2.49. The third-order valence-electron chi connectivity index (χ3n) is 3.67. The molecule has 0 aliphatic carbocycles. The topological polar surface area (TPSA) is 86.2 Å². The number of carbonyl (C=O) groups excluding carboxylic acids is 2. The highest BCUT2D eigenvalue weighted by Gasteiger charge is 2.18. The standard InChI is InChI=1S/C18H19N5O2/c24-17-12-23(11-10-19-17)13-18(25)20-14-6-8-16(9-7-14)22-21-15-4-2-1-3-5-15/h1-9H,10-13H2,(H,19,24)(H,20,25). The molecular weight excluding hydrogens is 318 g/mol. The molecule has 0 unspecified atom stereocenters. The first-order chi connectivity index (χ1) is 12.2. The fraction of sp³-hybridized carbons (Fsp3) is 0.222. The molecule has 3 rings (SSSR count). The highest BCUT2D eigenvalue weighted by atomic mass is 16.2. The van der Waals surface area contributed by atoms with Gasteiger partial charge >= 0.3 is 0 Å². The maximum atomic E-state index is 12.1. The van der Waals surface area contributed by atoms with Crippen molar-refractivity contribution in [3.8, 4) is 0 Å². The van der Waals surface area contributed by atoms with Gasteiger partial charge in [-0.05, 0) is 36.4 Å². The van der Waals surface area contributed by atoms with Gasteiger partial charge in [0.1, 0.15) is 0 Å². The van der Waals surface area contributed by atoms with Crippen molar-refractivity contribution in [2.75, 3.05) is 31.5 Å². The van der Waals surface area contributed by atoms with Crippen LogP contribution in [0.5, 0.6) is 0 Å². The smallest absolute Gasteiger partial charge is 0.238 e. The number of rotatable bonds is 5. The quantitative estimate of drug-likeness (QED) is 0.822. The van der Waals surface area contributed by atoms with Crippen LogP contribution in [-0.4, -0.2) is 42.9 Å². The van der Waals surface area contributed by atoms with Gasteiger partial charge in [-0.1, -0.05) is 18.2 Å². The normalized spacial score (nSPS) is 15.1. The molecule has 1 fully saturated rings. The maximum Gasteiger partial charge on any atom is 0.238 e. The molecule has 0 bridgehead atoms. The minimum Gasteiger partial charge on any atom is -0.354 e. The van der Waals surface area contributed by atoms with Crippen molar-refractivity contribution < 1.29 is 9.59 Å². The second-order valence-electron chi connectivity index (χ2n) is 5.69. The van der Waals surface area contributed by atoms with E-state index in [0.29, 0.717) is 24.5 Å². The van der Waals surface area contributed by atoms with Crippen molar-refractivity contribution >= 4 is 28.9 Å². The van der Waals surface area contributed by atoms with Gasteiger partial charge in [-0.25, -0.2) is 0 Å². The summed E-state index contributed by atoms with van der Waals surface area (Å²) in [6.45, 7) is 1.71. The summed E-state index contributed by atoms with van der Waals surface area (Å²) < 4.78 is 0. The number of anilines is 1. The van der Waals surface area contributed by atoms with Crippen LogP contribution in [0, 0.1) is 0 Å². The Kier molecular flexibility index (Phi) is 5.48. The van der Waals surface area contributed by atoms with Crippen LogP contribution in [0.15, 0.2) is 64.8 Å². The van der Waals surface area contributed by atoms with Crippen LogP contribution in [0.4, 0.5) is 17.1 Å². The lowest BCUT2D eigenvalue weighted by Gasteiger charge is -2.25. The number of hydrogen-bond acceptors (Lipinski definition) is 5. The average Bonchev–Trinajstić information content (AvgIpc) is 2.62. The summed E-state index contributed by atoms with van der Waals surface area (Å²) in [7, 11) is 0. The molecule has 0 aromatic heterocycles. The summed E-state index contributed by atoms with van der Waals surface area (Å²) in [5.74, 6) is -0.194. The van der Waals surface area contributed by atoms with Crippen molar-refractivity contribution in [2.24, 2.45) is 10.2 Å². The monoisotopic (exact) mass is 337 g/mol. The van der Waals surface area contributed by atoms with Crippen molar-refractivity contribution in [1.29, 1.82) is 0 Å². The second-order valence-corrected chi connectivity index (χ2v) is 5.69. The molecule has 0 radical (unpaired) electrons. The van der Waals surface area contributed by atoms with E-state index >= 15 is 0 Å². The minimum absolute atomic E-state index is 0.0489. The van der Waals surface area contributed by atoms with Crippen LogP contribution < -0.4 is 10.6 Å². The van der Waals surface area contributed by atoms with Crippen molar-refractivity contribution in [3.63, 3.8) is 0 Å². The van der Waals surface area contributed by atoms with Crippen LogP contribution in [0.25, 0.3) is 0 Å². The molecule has 1 heterocycles. The molecule has 2 aromatic carbocycles. The fourth-order valence-corrected chi connectivity index (χ4v) is 2.45. The van der Waals surface area contributed by atoms with Gasteiger partial charge in [-0.15, -0.1) is 0 Å². The summed E-state index contributed by atoms with van der Waals surface area (Å²) in [6, 6.07) is 16.6. The summed E-state index contributed by atoms with van der Waals surface area (Å²) in [5, 5.41) is 13.9. The third kappa shape index (κ3) is 5.22. The lowest BCUT2D eigenvalue weighted by atomic mass is 10.3. The first-order valence-electron chi connectivity index (χ1n) is 8.05. The van der Waals surface area contributed by atoms with Crippen LogP contribution >= 0.6 is 0 Å². The first-order valence-corrected chi connectivity index (χ1v) is 8.05. The zero-order chi connectivity index (χ0) is 17.5. The number of amides is 2. The largest absolute Gasteiger partial charge is 0.354 e. The summed E-state index contributed by atoms with van der Waals surface area (Å²) >= 11 is 0. The molecule has 2 aromatic rings. The van der Waals surface area contributed by atoms with Gasteiger partial charge in [-0.2, -0.15) is 10.2 Å². The van der Waals surface area contributed by atoms with Crippen LogP contribution in [0.2, 0.25) is 0 Å². The van der Waals surface area contributed by atoms with Crippen LogP contribution in [-0.2, 0) is 9.59 Å². The predicted octanol–water partition coefficient (Wildman–Crippen LogP) is 2.47. The number of nitrogens with zero attached hydrogens (tertiary/aromatic N) is 3. The zero-order valence-electron chi connectivity index (χ0n) is 13.7. The lowest BCUT2D eigenvalue weighted by molar-refractivity contribution is -0.125. The Morgan fingerprint density at radius 3 is 2.40 bits per heavy atom. The molecule has 7 nitrogen and oxygen atoms in total. The van der Waals surface area contributed by atoms with E-state index in [1.807, 2.05) is 35.2 Å². The molecule has 7 heteroatoms. The Balaban J connectivity index is 1.52. The molecule has 0 atom stereocenters. The molecule has 2 N–H and O–H groups in total. The van der Waals surface area contributed by atoms with Gasteiger partial charge in [0.25, 0.3) is 0 Å². The van der Waals surface area contributed by atoms with E-state index < -0.39 is 0 Å². The number of piperazine rings is 1. The Bertz CT molecular complexity index is 759. The predicted molar refractivity (Wildman–Crippen MR) is 95.1 cm³/mol. The van der Waals surface area contributed by atoms with Crippen LogP contribution in [0.1, 0.15) is 0 Å². The van der Waals surface area contributed by atoms with Crippen molar-refractivity contribution in [3.05, 3.63) is 54.6 Å². The van der Waals surface area contributed by atoms with E-state index in [2.05, 4.69) is 20.9 Å². The van der Waals surface area contributed by atoms with E-state index in [4.69, 9.17) is 0 Å². The second kappa shape index (κ2) is 8.16. The Hall–Kier alpha value is -3.06. The van der Waals surface area contributed by atoms with E-state index in [0.717, 1.165) is 5.69 Å². The van der Waals surface area contributed by atoms with Gasteiger partial charge in [0.15, 0.2) is 0 Å². The maximum absolute atomic E-state index is 12.1. The highest BCUT2D eigenvalue weighted by Crippen LogP contribution is 2.20. The van der Waals surface area contributed by atoms with Crippen LogP contribution in [0.3, 0.4) is 0 Å². The summed E-state index contributed by atoms with van der Waals surface area (Å²) in [4.78, 5) is 25.2. The number of azo groups is 1. The van der Waals surface area contributed by atoms with E-state index in [1.165, 1.54) is 0 Å². The third-order valence-corrected chi connectivity index (χ3v) is 3.67.